The van der Waals surface area contributed by atoms with E-state index < -0.39 is 0 Å². The number of aliphatic hydroxyl groups is 1. The molecular weight excluding hydrogens is 242 g/mol. The van der Waals surface area contributed by atoms with E-state index in [9.17, 15) is 5.11 Å². The Labute approximate surface area is 105 Å². The Kier molecular flexibility index (Phi) is 3.96. The number of halogens is 1. The first-order valence-electron chi connectivity index (χ1n) is 5.70. The Hall–Kier alpha value is -1.14. The zero-order valence-electron chi connectivity index (χ0n) is 9.65. The molecule has 0 radical (unpaired) electrons. The minimum absolute atomic E-state index is 0.152. The monoisotopic (exact) mass is 257 g/mol. The summed E-state index contributed by atoms with van der Waals surface area (Å²) in [6.45, 7) is 0.657. The third-order valence-corrected chi connectivity index (χ3v) is 3.14. The molecule has 94 valence electrons. The summed E-state index contributed by atoms with van der Waals surface area (Å²) in [4.78, 5) is 12.0. The van der Waals surface area contributed by atoms with E-state index in [1.807, 2.05) is 0 Å². The number of aliphatic hydroxyl groups excluding tert-OH is 1. The van der Waals surface area contributed by atoms with Gasteiger partial charge in [-0.1, -0.05) is 6.42 Å². The van der Waals surface area contributed by atoms with Crippen LogP contribution in [0.5, 0.6) is 0 Å². The number of hydrogen-bond donors (Lipinski definition) is 3. The summed E-state index contributed by atoms with van der Waals surface area (Å²) in [6.07, 6.45) is 2.77. The van der Waals surface area contributed by atoms with Crippen LogP contribution in [-0.4, -0.2) is 39.8 Å². The van der Waals surface area contributed by atoms with Gasteiger partial charge in [0.15, 0.2) is 0 Å². The van der Waals surface area contributed by atoms with Gasteiger partial charge in [-0.3, -0.25) is 0 Å². The lowest BCUT2D eigenvalue weighted by molar-refractivity contribution is 0.138. The first-order valence-corrected chi connectivity index (χ1v) is 6.08. The molecule has 1 aromatic rings. The van der Waals surface area contributed by atoms with E-state index in [-0.39, 0.29) is 17.3 Å². The largest absolute Gasteiger partial charge is 0.393 e. The van der Waals surface area contributed by atoms with Crippen molar-refractivity contribution in [2.24, 2.45) is 5.92 Å². The van der Waals surface area contributed by atoms with E-state index in [1.165, 1.54) is 0 Å². The van der Waals surface area contributed by atoms with Gasteiger partial charge in [-0.2, -0.15) is 15.0 Å². The number of anilines is 2. The van der Waals surface area contributed by atoms with Crippen LogP contribution in [0.3, 0.4) is 0 Å². The Balaban J connectivity index is 1.96. The lowest BCUT2D eigenvalue weighted by atomic mass is 10.1. The number of aromatic nitrogens is 3. The van der Waals surface area contributed by atoms with E-state index in [4.69, 9.17) is 11.6 Å². The van der Waals surface area contributed by atoms with Gasteiger partial charge in [0.25, 0.3) is 0 Å². The van der Waals surface area contributed by atoms with Crippen LogP contribution < -0.4 is 10.6 Å². The van der Waals surface area contributed by atoms with Crippen molar-refractivity contribution in [3.8, 4) is 0 Å². The van der Waals surface area contributed by atoms with E-state index in [0.717, 1.165) is 19.3 Å². The highest BCUT2D eigenvalue weighted by Gasteiger charge is 2.24. The Bertz CT molecular complexity index is 389. The maximum absolute atomic E-state index is 9.69. The second kappa shape index (κ2) is 5.46. The third kappa shape index (κ3) is 3.17. The molecular formula is C10H16ClN5O. The molecule has 0 bridgehead atoms. The normalized spacial score (nSPS) is 23.7. The van der Waals surface area contributed by atoms with Crippen LogP contribution in [0.4, 0.5) is 11.9 Å². The molecule has 1 aliphatic rings. The molecule has 6 nitrogen and oxygen atoms in total. The molecule has 1 aliphatic carbocycles. The van der Waals surface area contributed by atoms with E-state index in [1.54, 1.807) is 7.05 Å². The molecule has 1 fully saturated rings. The third-order valence-electron chi connectivity index (χ3n) is 2.97. The highest BCUT2D eigenvalue weighted by atomic mass is 35.5. The molecule has 0 aromatic carbocycles. The molecule has 3 N–H and O–H groups in total. The van der Waals surface area contributed by atoms with E-state index >= 15 is 0 Å². The van der Waals surface area contributed by atoms with Gasteiger partial charge in [-0.25, -0.2) is 0 Å². The SMILES string of the molecule is CNc1nc(Cl)nc(NCC2CCCC2O)n1. The summed E-state index contributed by atoms with van der Waals surface area (Å²) in [6, 6.07) is 0. The maximum Gasteiger partial charge on any atom is 0.228 e. The van der Waals surface area contributed by atoms with Crippen LogP contribution in [0.25, 0.3) is 0 Å². The fraction of sp³-hybridized carbons (Fsp3) is 0.700. The van der Waals surface area contributed by atoms with Gasteiger partial charge in [0, 0.05) is 19.5 Å². The number of nitrogens with zero attached hydrogens (tertiary/aromatic N) is 3. The Morgan fingerprint density at radius 2 is 2.06 bits per heavy atom. The van der Waals surface area contributed by atoms with Crippen LogP contribution in [0.15, 0.2) is 0 Å². The van der Waals surface area contributed by atoms with Crippen LogP contribution in [-0.2, 0) is 0 Å². The molecule has 7 heteroatoms. The molecule has 1 heterocycles. The average Bonchev–Trinajstić information content (AvgIpc) is 2.71. The summed E-state index contributed by atoms with van der Waals surface area (Å²) in [5.74, 6) is 1.14. The molecule has 1 saturated carbocycles. The standard InChI is InChI=1S/C10H16ClN5O/c1-12-9-14-8(11)15-10(16-9)13-5-6-3-2-4-7(6)17/h6-7,17H,2-5H2,1H3,(H2,12,13,14,15,16). The van der Waals surface area contributed by atoms with Crippen molar-refractivity contribution in [3.63, 3.8) is 0 Å². The molecule has 0 saturated heterocycles. The van der Waals surface area contributed by atoms with E-state index in [2.05, 4.69) is 25.6 Å². The van der Waals surface area contributed by atoms with Crippen molar-refractivity contribution in [1.82, 2.24) is 15.0 Å². The van der Waals surface area contributed by atoms with Gasteiger partial charge >= 0.3 is 0 Å². The van der Waals surface area contributed by atoms with Crippen molar-refractivity contribution < 1.29 is 5.11 Å². The zero-order chi connectivity index (χ0) is 12.3. The van der Waals surface area contributed by atoms with Crippen molar-refractivity contribution in [1.29, 1.82) is 0 Å². The highest BCUT2D eigenvalue weighted by Crippen LogP contribution is 2.25. The maximum atomic E-state index is 9.69. The van der Waals surface area contributed by atoms with Crippen LogP contribution >= 0.6 is 11.6 Å². The molecule has 2 rings (SSSR count). The predicted molar refractivity (Wildman–Crippen MR) is 66.2 cm³/mol. The van der Waals surface area contributed by atoms with Gasteiger partial charge in [0.1, 0.15) is 0 Å². The predicted octanol–water partition coefficient (Wildman–Crippen LogP) is 1.14. The molecule has 0 aliphatic heterocycles. The van der Waals surface area contributed by atoms with Crippen molar-refractivity contribution >= 4 is 23.5 Å². The number of hydrogen-bond acceptors (Lipinski definition) is 6. The van der Waals surface area contributed by atoms with Crippen LogP contribution in [0, 0.1) is 5.92 Å². The fourth-order valence-electron chi connectivity index (χ4n) is 2.02. The average molecular weight is 258 g/mol. The second-order valence-corrected chi connectivity index (χ2v) is 4.48. The Morgan fingerprint density at radius 3 is 2.71 bits per heavy atom. The summed E-state index contributed by atoms with van der Waals surface area (Å²) in [5, 5.41) is 15.7. The highest BCUT2D eigenvalue weighted by molar-refractivity contribution is 6.28. The molecule has 0 spiro atoms. The lowest BCUT2D eigenvalue weighted by Gasteiger charge is -2.15. The van der Waals surface area contributed by atoms with Gasteiger partial charge in [-0.15, -0.1) is 0 Å². The van der Waals surface area contributed by atoms with E-state index in [0.29, 0.717) is 18.4 Å². The minimum Gasteiger partial charge on any atom is -0.393 e. The van der Waals surface area contributed by atoms with Crippen molar-refractivity contribution in [2.75, 3.05) is 24.2 Å². The quantitative estimate of drug-likeness (QED) is 0.750. The molecule has 2 atom stereocenters. The number of rotatable bonds is 4. The molecule has 17 heavy (non-hydrogen) atoms. The van der Waals surface area contributed by atoms with Crippen molar-refractivity contribution in [3.05, 3.63) is 5.28 Å². The van der Waals surface area contributed by atoms with Gasteiger partial charge < -0.3 is 15.7 Å². The zero-order valence-corrected chi connectivity index (χ0v) is 10.4. The molecule has 1 aromatic heterocycles. The fourth-order valence-corrected chi connectivity index (χ4v) is 2.18. The Morgan fingerprint density at radius 1 is 1.29 bits per heavy atom. The topological polar surface area (TPSA) is 83.0 Å². The number of nitrogens with one attached hydrogen (secondary N) is 2. The minimum atomic E-state index is -0.219. The van der Waals surface area contributed by atoms with Gasteiger partial charge in [0.2, 0.25) is 17.2 Å². The van der Waals surface area contributed by atoms with Gasteiger partial charge in [0.05, 0.1) is 6.10 Å². The van der Waals surface area contributed by atoms with Crippen LogP contribution in [0.1, 0.15) is 19.3 Å². The lowest BCUT2D eigenvalue weighted by Crippen LogP contribution is -2.23. The first kappa shape index (κ1) is 12.3. The smallest absolute Gasteiger partial charge is 0.228 e. The summed E-state index contributed by atoms with van der Waals surface area (Å²) < 4.78 is 0. The van der Waals surface area contributed by atoms with Crippen LogP contribution in [0.2, 0.25) is 5.28 Å². The van der Waals surface area contributed by atoms with Crippen molar-refractivity contribution in [2.45, 2.75) is 25.4 Å². The van der Waals surface area contributed by atoms with Gasteiger partial charge in [-0.05, 0) is 24.4 Å². The molecule has 0 amide bonds. The molecule has 2 unspecified atom stereocenters. The summed E-state index contributed by atoms with van der Waals surface area (Å²) in [5.41, 5.74) is 0. The summed E-state index contributed by atoms with van der Waals surface area (Å²) >= 11 is 5.76. The summed E-state index contributed by atoms with van der Waals surface area (Å²) in [7, 11) is 1.72. The second-order valence-electron chi connectivity index (χ2n) is 4.14. The first-order chi connectivity index (χ1) is 8.19.